The van der Waals surface area contributed by atoms with Crippen molar-refractivity contribution in [2.75, 3.05) is 37.6 Å². The third-order valence-corrected chi connectivity index (χ3v) is 5.43. The lowest BCUT2D eigenvalue weighted by atomic mass is 10.2. The lowest BCUT2D eigenvalue weighted by Crippen LogP contribution is -2.52. The van der Waals surface area contributed by atoms with Gasteiger partial charge in [0, 0.05) is 38.9 Å². The molecule has 0 spiro atoms. The number of para-hydroxylation sites is 2. The molecule has 1 aliphatic heterocycles. The van der Waals surface area contributed by atoms with Crippen molar-refractivity contribution >= 4 is 23.3 Å². The van der Waals surface area contributed by atoms with Crippen LogP contribution < -0.4 is 10.2 Å². The van der Waals surface area contributed by atoms with Gasteiger partial charge in [0.05, 0.1) is 22.6 Å². The number of anilines is 1. The van der Waals surface area contributed by atoms with Crippen LogP contribution in [0.1, 0.15) is 5.56 Å². The smallest absolute Gasteiger partial charge is 0.317 e. The van der Waals surface area contributed by atoms with Gasteiger partial charge >= 0.3 is 6.03 Å². The number of halogens is 1. The number of aromatic nitrogens is 2. The second kappa shape index (κ2) is 9.01. The number of hydrogen-bond acceptors (Lipinski definition) is 3. The first-order valence-electron chi connectivity index (χ1n) is 9.82. The van der Waals surface area contributed by atoms with Gasteiger partial charge in [-0.3, -0.25) is 0 Å². The van der Waals surface area contributed by atoms with E-state index in [1.54, 1.807) is 0 Å². The Labute approximate surface area is 175 Å². The lowest BCUT2D eigenvalue weighted by Gasteiger charge is -2.36. The zero-order chi connectivity index (χ0) is 20.1. The van der Waals surface area contributed by atoms with Crippen LogP contribution in [0.2, 0.25) is 5.02 Å². The van der Waals surface area contributed by atoms with E-state index >= 15 is 0 Å². The number of piperazine rings is 1. The molecule has 4 rings (SSSR count). The predicted molar refractivity (Wildman–Crippen MR) is 116 cm³/mol. The molecule has 2 heterocycles. The number of carbonyl (C=O) groups excluding carboxylic acids is 1. The summed E-state index contributed by atoms with van der Waals surface area (Å²) in [5.41, 5.74) is 3.15. The first-order valence-corrected chi connectivity index (χ1v) is 10.2. The van der Waals surface area contributed by atoms with Gasteiger partial charge in [-0.2, -0.15) is 5.10 Å². The number of nitrogens with zero attached hydrogens (tertiary/aromatic N) is 4. The van der Waals surface area contributed by atoms with E-state index < -0.39 is 0 Å². The van der Waals surface area contributed by atoms with Gasteiger partial charge < -0.3 is 15.1 Å². The SMILES string of the molecule is O=C(NCCc1cnn(-c2ccccc2)c1)N1CCN(c2ccccc2Cl)CC1. The van der Waals surface area contributed by atoms with E-state index in [1.807, 2.05) is 76.6 Å². The Morgan fingerprint density at radius 2 is 1.72 bits per heavy atom. The largest absolute Gasteiger partial charge is 0.367 e. The molecular weight excluding hydrogens is 386 g/mol. The van der Waals surface area contributed by atoms with Crippen LogP contribution in [0, 0.1) is 0 Å². The van der Waals surface area contributed by atoms with Crippen LogP contribution in [0.25, 0.3) is 5.69 Å². The van der Waals surface area contributed by atoms with Crippen LogP contribution in [-0.4, -0.2) is 53.4 Å². The molecule has 7 heteroatoms. The fraction of sp³-hybridized carbons (Fsp3) is 0.273. The fourth-order valence-corrected chi connectivity index (χ4v) is 3.75. The minimum atomic E-state index is -0.0146. The lowest BCUT2D eigenvalue weighted by molar-refractivity contribution is 0.194. The van der Waals surface area contributed by atoms with Crippen LogP contribution >= 0.6 is 11.6 Å². The molecule has 3 aromatic rings. The van der Waals surface area contributed by atoms with Crippen LogP contribution in [0.3, 0.4) is 0 Å². The third kappa shape index (κ3) is 4.71. The van der Waals surface area contributed by atoms with Crippen LogP contribution in [0.5, 0.6) is 0 Å². The van der Waals surface area contributed by atoms with Crippen molar-refractivity contribution in [1.29, 1.82) is 0 Å². The molecule has 0 radical (unpaired) electrons. The summed E-state index contributed by atoms with van der Waals surface area (Å²) in [6.07, 6.45) is 4.60. The van der Waals surface area contributed by atoms with Crippen molar-refractivity contribution in [3.05, 3.63) is 77.6 Å². The van der Waals surface area contributed by atoms with E-state index in [1.165, 1.54) is 0 Å². The zero-order valence-corrected chi connectivity index (χ0v) is 16.9. The number of benzene rings is 2. The molecule has 2 amide bonds. The summed E-state index contributed by atoms with van der Waals surface area (Å²) in [5, 5.41) is 8.17. The van der Waals surface area contributed by atoms with Gasteiger partial charge in [0.2, 0.25) is 0 Å². The maximum absolute atomic E-state index is 12.5. The molecule has 0 bridgehead atoms. The summed E-state index contributed by atoms with van der Waals surface area (Å²) in [4.78, 5) is 16.6. The average Bonchev–Trinajstić information content (AvgIpc) is 3.24. The van der Waals surface area contributed by atoms with Gasteiger partial charge in [-0.25, -0.2) is 9.48 Å². The van der Waals surface area contributed by atoms with Crippen molar-refractivity contribution in [3.8, 4) is 5.69 Å². The fourth-order valence-electron chi connectivity index (χ4n) is 3.50. The average molecular weight is 410 g/mol. The van der Waals surface area contributed by atoms with Crippen LogP contribution in [0.15, 0.2) is 67.0 Å². The molecular formula is C22H24ClN5O. The van der Waals surface area contributed by atoms with Gasteiger partial charge in [-0.05, 0) is 36.2 Å². The summed E-state index contributed by atoms with van der Waals surface area (Å²) in [7, 11) is 0. The highest BCUT2D eigenvalue weighted by Crippen LogP contribution is 2.25. The molecule has 1 fully saturated rings. The number of amides is 2. The Morgan fingerprint density at radius 1 is 1.00 bits per heavy atom. The monoisotopic (exact) mass is 409 g/mol. The second-order valence-corrected chi connectivity index (χ2v) is 7.44. The predicted octanol–water partition coefficient (Wildman–Crippen LogP) is 3.60. The van der Waals surface area contributed by atoms with E-state index in [9.17, 15) is 4.79 Å². The Morgan fingerprint density at radius 3 is 2.48 bits per heavy atom. The molecule has 0 atom stereocenters. The standard InChI is InChI=1S/C22H24ClN5O/c23-20-8-4-5-9-21(20)26-12-14-27(15-13-26)22(29)24-11-10-18-16-25-28(17-18)19-6-2-1-3-7-19/h1-9,16-17H,10-15H2,(H,24,29). The Hall–Kier alpha value is -2.99. The highest BCUT2D eigenvalue weighted by molar-refractivity contribution is 6.33. The number of hydrogen-bond donors (Lipinski definition) is 1. The minimum Gasteiger partial charge on any atom is -0.367 e. The van der Waals surface area contributed by atoms with Gasteiger partial charge in [0.15, 0.2) is 0 Å². The maximum Gasteiger partial charge on any atom is 0.317 e. The van der Waals surface area contributed by atoms with Crippen LogP contribution in [0.4, 0.5) is 10.5 Å². The van der Waals surface area contributed by atoms with Gasteiger partial charge in [-0.15, -0.1) is 0 Å². The number of rotatable bonds is 5. The minimum absolute atomic E-state index is 0.0146. The summed E-state index contributed by atoms with van der Waals surface area (Å²) in [6.45, 7) is 3.51. The maximum atomic E-state index is 12.5. The van der Waals surface area contributed by atoms with Gasteiger partial charge in [0.25, 0.3) is 0 Å². The van der Waals surface area contributed by atoms with Gasteiger partial charge in [-0.1, -0.05) is 41.9 Å². The van der Waals surface area contributed by atoms with Crippen molar-refractivity contribution < 1.29 is 4.79 Å². The first kappa shape index (κ1) is 19.3. The molecule has 1 saturated heterocycles. The third-order valence-electron chi connectivity index (χ3n) is 5.11. The van der Waals surface area contributed by atoms with Gasteiger partial charge in [0.1, 0.15) is 0 Å². The number of carbonyl (C=O) groups is 1. The summed E-state index contributed by atoms with van der Waals surface area (Å²) in [6, 6.07) is 17.8. The topological polar surface area (TPSA) is 53.4 Å². The Bertz CT molecular complexity index is 951. The van der Waals surface area contributed by atoms with E-state index in [-0.39, 0.29) is 6.03 Å². The first-order chi connectivity index (χ1) is 14.2. The highest BCUT2D eigenvalue weighted by Gasteiger charge is 2.22. The molecule has 150 valence electrons. The summed E-state index contributed by atoms with van der Waals surface area (Å²) in [5.74, 6) is 0. The highest BCUT2D eigenvalue weighted by atomic mass is 35.5. The Kier molecular flexibility index (Phi) is 6.00. The van der Waals surface area contributed by atoms with E-state index in [2.05, 4.69) is 15.3 Å². The molecule has 0 aliphatic carbocycles. The van der Waals surface area contributed by atoms with Crippen molar-refractivity contribution in [1.82, 2.24) is 20.0 Å². The molecule has 1 N–H and O–H groups in total. The molecule has 0 saturated carbocycles. The van der Waals surface area contributed by atoms with Crippen molar-refractivity contribution in [2.45, 2.75) is 6.42 Å². The second-order valence-electron chi connectivity index (χ2n) is 7.04. The van der Waals surface area contributed by atoms with E-state index in [0.717, 1.165) is 41.5 Å². The van der Waals surface area contributed by atoms with Crippen molar-refractivity contribution in [2.24, 2.45) is 0 Å². The zero-order valence-electron chi connectivity index (χ0n) is 16.2. The number of urea groups is 1. The molecule has 2 aromatic carbocycles. The Balaban J connectivity index is 1.23. The van der Waals surface area contributed by atoms with E-state index in [4.69, 9.17) is 11.6 Å². The molecule has 0 unspecified atom stereocenters. The number of nitrogens with one attached hydrogen (secondary N) is 1. The molecule has 29 heavy (non-hydrogen) atoms. The normalized spacial score (nSPS) is 14.1. The molecule has 1 aliphatic rings. The van der Waals surface area contributed by atoms with Crippen LogP contribution in [-0.2, 0) is 6.42 Å². The quantitative estimate of drug-likeness (QED) is 0.700. The molecule has 1 aromatic heterocycles. The summed E-state index contributed by atoms with van der Waals surface area (Å²) >= 11 is 6.28. The summed E-state index contributed by atoms with van der Waals surface area (Å²) < 4.78 is 1.85. The van der Waals surface area contributed by atoms with Crippen molar-refractivity contribution in [3.63, 3.8) is 0 Å². The van der Waals surface area contributed by atoms with E-state index in [0.29, 0.717) is 19.6 Å². The molecule has 6 nitrogen and oxygen atoms in total.